The number of methoxy groups -OCH3 is 1. The fourth-order valence-electron chi connectivity index (χ4n) is 2.34. The van der Waals surface area contributed by atoms with Crippen LogP contribution in [-0.2, 0) is 17.2 Å². The number of aryl methyl sites for hydroxylation is 1. The lowest BCUT2D eigenvalue weighted by Crippen LogP contribution is -2.43. The van der Waals surface area contributed by atoms with Crippen molar-refractivity contribution >= 4 is 5.97 Å². The van der Waals surface area contributed by atoms with E-state index in [-0.39, 0.29) is 5.41 Å². The number of nitrogens with two attached hydrogens (primary N) is 1. The maximum Gasteiger partial charge on any atom is 0.358 e. The van der Waals surface area contributed by atoms with Crippen LogP contribution >= 0.6 is 0 Å². The van der Waals surface area contributed by atoms with Gasteiger partial charge in [-0.1, -0.05) is 6.42 Å². The zero-order valence-electron chi connectivity index (χ0n) is 9.69. The van der Waals surface area contributed by atoms with E-state index in [0.717, 1.165) is 18.5 Å². The maximum absolute atomic E-state index is 11.4. The van der Waals surface area contributed by atoms with Crippen LogP contribution < -0.4 is 5.73 Å². The molecule has 1 aliphatic carbocycles. The average Bonchev–Trinajstić information content (AvgIpc) is 2.60. The zero-order valence-corrected chi connectivity index (χ0v) is 9.69. The Morgan fingerprint density at radius 2 is 2.38 bits per heavy atom. The summed E-state index contributed by atoms with van der Waals surface area (Å²) in [5.74, 6) is -0.395. The first-order valence-electron chi connectivity index (χ1n) is 5.46. The molecule has 16 heavy (non-hydrogen) atoms. The summed E-state index contributed by atoms with van der Waals surface area (Å²) in [6.07, 6.45) is 3.34. The molecule has 0 unspecified atom stereocenters. The molecule has 0 spiro atoms. The number of ether oxygens (including phenoxy) is 1. The lowest BCUT2D eigenvalue weighted by Gasteiger charge is -2.40. The normalized spacial score (nSPS) is 17.9. The molecule has 5 heteroatoms. The standard InChI is InChI=1S/C11H17N3O2/c1-14-9(11(7-12)4-3-5-11)6-8(13-14)10(15)16-2/h6H,3-5,7,12H2,1-2H3. The molecular weight excluding hydrogens is 206 g/mol. The van der Waals surface area contributed by atoms with Crippen molar-refractivity contribution in [1.29, 1.82) is 0 Å². The summed E-state index contributed by atoms with van der Waals surface area (Å²) in [5.41, 5.74) is 7.26. The largest absolute Gasteiger partial charge is 0.464 e. The Balaban J connectivity index is 2.35. The Morgan fingerprint density at radius 1 is 1.69 bits per heavy atom. The first-order valence-corrected chi connectivity index (χ1v) is 5.46. The lowest BCUT2D eigenvalue weighted by molar-refractivity contribution is 0.0593. The van der Waals surface area contributed by atoms with Gasteiger partial charge in [0.15, 0.2) is 5.69 Å². The highest BCUT2D eigenvalue weighted by atomic mass is 16.5. The summed E-state index contributed by atoms with van der Waals surface area (Å²) in [4.78, 5) is 11.4. The third-order valence-electron chi connectivity index (χ3n) is 3.52. The number of aromatic nitrogens is 2. The molecule has 0 saturated heterocycles. The Bertz CT molecular complexity index is 402. The van der Waals surface area contributed by atoms with Gasteiger partial charge in [-0.25, -0.2) is 4.79 Å². The molecule has 2 N–H and O–H groups in total. The van der Waals surface area contributed by atoms with Crippen molar-refractivity contribution in [1.82, 2.24) is 9.78 Å². The predicted octanol–water partition coefficient (Wildman–Crippen LogP) is 0.587. The molecule has 0 atom stereocenters. The number of nitrogens with zero attached hydrogens (tertiary/aromatic N) is 2. The SMILES string of the molecule is COC(=O)c1cc(C2(CN)CCC2)n(C)n1. The molecule has 1 fully saturated rings. The quantitative estimate of drug-likeness (QED) is 0.761. The number of hydrogen-bond donors (Lipinski definition) is 1. The summed E-state index contributed by atoms with van der Waals surface area (Å²) in [6, 6.07) is 1.80. The number of carbonyl (C=O) groups excluding carboxylic acids is 1. The second-order valence-corrected chi connectivity index (χ2v) is 4.37. The van der Waals surface area contributed by atoms with E-state index < -0.39 is 5.97 Å². The smallest absolute Gasteiger partial charge is 0.358 e. The lowest BCUT2D eigenvalue weighted by atomic mass is 9.66. The van der Waals surface area contributed by atoms with Gasteiger partial charge in [0.25, 0.3) is 0 Å². The van der Waals surface area contributed by atoms with Crippen molar-refractivity contribution in [2.75, 3.05) is 13.7 Å². The zero-order chi connectivity index (χ0) is 11.8. The van der Waals surface area contributed by atoms with Crippen LogP contribution in [0.1, 0.15) is 35.4 Å². The molecule has 5 nitrogen and oxygen atoms in total. The van der Waals surface area contributed by atoms with Crippen LogP contribution in [0.15, 0.2) is 6.07 Å². The maximum atomic E-state index is 11.4. The van der Waals surface area contributed by atoms with E-state index in [9.17, 15) is 4.79 Å². The second kappa shape index (κ2) is 3.90. The molecule has 0 amide bonds. The summed E-state index contributed by atoms with van der Waals surface area (Å²) < 4.78 is 6.40. The van der Waals surface area contributed by atoms with Gasteiger partial charge in [-0.05, 0) is 18.9 Å². The second-order valence-electron chi connectivity index (χ2n) is 4.37. The Hall–Kier alpha value is -1.36. The van der Waals surface area contributed by atoms with Gasteiger partial charge >= 0.3 is 5.97 Å². The molecule has 88 valence electrons. The van der Waals surface area contributed by atoms with E-state index in [2.05, 4.69) is 9.84 Å². The van der Waals surface area contributed by atoms with Gasteiger partial charge in [0, 0.05) is 24.7 Å². The predicted molar refractivity (Wildman–Crippen MR) is 59.1 cm³/mol. The van der Waals surface area contributed by atoms with Crippen LogP contribution in [0.25, 0.3) is 0 Å². The summed E-state index contributed by atoms with van der Waals surface area (Å²) >= 11 is 0. The monoisotopic (exact) mass is 223 g/mol. The highest BCUT2D eigenvalue weighted by Crippen LogP contribution is 2.42. The van der Waals surface area contributed by atoms with E-state index in [1.165, 1.54) is 13.5 Å². The molecule has 1 heterocycles. The van der Waals surface area contributed by atoms with Gasteiger partial charge in [0.2, 0.25) is 0 Å². The van der Waals surface area contributed by atoms with Crippen molar-refractivity contribution in [2.24, 2.45) is 12.8 Å². The highest BCUT2D eigenvalue weighted by Gasteiger charge is 2.40. The van der Waals surface area contributed by atoms with Crippen LogP contribution in [-0.4, -0.2) is 29.4 Å². The van der Waals surface area contributed by atoms with Crippen molar-refractivity contribution in [3.63, 3.8) is 0 Å². The van der Waals surface area contributed by atoms with Crippen molar-refractivity contribution < 1.29 is 9.53 Å². The summed E-state index contributed by atoms with van der Waals surface area (Å²) in [5, 5.41) is 4.16. The third kappa shape index (κ3) is 1.51. The molecular formula is C11H17N3O2. The Morgan fingerprint density at radius 3 is 2.81 bits per heavy atom. The molecule has 1 aromatic rings. The minimum Gasteiger partial charge on any atom is -0.464 e. The molecule has 1 aromatic heterocycles. The van der Waals surface area contributed by atoms with Gasteiger partial charge in [0.1, 0.15) is 0 Å². The number of hydrogen-bond acceptors (Lipinski definition) is 4. The number of carbonyl (C=O) groups is 1. The molecule has 1 saturated carbocycles. The van der Waals surface area contributed by atoms with E-state index in [0.29, 0.717) is 12.2 Å². The minimum absolute atomic E-state index is 0.0218. The molecule has 0 aromatic carbocycles. The van der Waals surface area contributed by atoms with E-state index in [1.54, 1.807) is 10.7 Å². The van der Waals surface area contributed by atoms with E-state index >= 15 is 0 Å². The summed E-state index contributed by atoms with van der Waals surface area (Å²) in [7, 11) is 3.20. The van der Waals surface area contributed by atoms with Gasteiger partial charge < -0.3 is 10.5 Å². The molecule has 1 aliphatic rings. The van der Waals surface area contributed by atoms with Crippen LogP contribution in [0.2, 0.25) is 0 Å². The third-order valence-corrected chi connectivity index (χ3v) is 3.52. The van der Waals surface area contributed by atoms with Gasteiger partial charge in [-0.2, -0.15) is 5.10 Å². The molecule has 0 bridgehead atoms. The van der Waals surface area contributed by atoms with Crippen LogP contribution in [0, 0.1) is 0 Å². The van der Waals surface area contributed by atoms with E-state index in [1.807, 2.05) is 7.05 Å². The number of rotatable bonds is 3. The fraction of sp³-hybridized carbons (Fsp3) is 0.636. The van der Waals surface area contributed by atoms with Crippen molar-refractivity contribution in [3.05, 3.63) is 17.5 Å². The molecule has 0 aliphatic heterocycles. The fourth-order valence-corrected chi connectivity index (χ4v) is 2.34. The number of esters is 1. The first-order chi connectivity index (χ1) is 7.63. The average molecular weight is 223 g/mol. The van der Waals surface area contributed by atoms with Crippen LogP contribution in [0.5, 0.6) is 0 Å². The minimum atomic E-state index is -0.395. The van der Waals surface area contributed by atoms with Crippen molar-refractivity contribution in [3.8, 4) is 0 Å². The Kier molecular flexibility index (Phi) is 2.71. The van der Waals surface area contributed by atoms with Gasteiger partial charge in [-0.15, -0.1) is 0 Å². The van der Waals surface area contributed by atoms with Gasteiger partial charge in [0.05, 0.1) is 7.11 Å². The van der Waals surface area contributed by atoms with E-state index in [4.69, 9.17) is 5.73 Å². The highest BCUT2D eigenvalue weighted by molar-refractivity contribution is 5.87. The van der Waals surface area contributed by atoms with Crippen LogP contribution in [0.4, 0.5) is 0 Å². The summed E-state index contributed by atoms with van der Waals surface area (Å²) in [6.45, 7) is 0.604. The van der Waals surface area contributed by atoms with Crippen LogP contribution in [0.3, 0.4) is 0 Å². The van der Waals surface area contributed by atoms with Crippen molar-refractivity contribution in [2.45, 2.75) is 24.7 Å². The Labute approximate surface area is 94.6 Å². The topological polar surface area (TPSA) is 70.1 Å². The first kappa shape index (κ1) is 11.1. The molecule has 0 radical (unpaired) electrons. The molecule has 2 rings (SSSR count). The van der Waals surface area contributed by atoms with Gasteiger partial charge in [-0.3, -0.25) is 4.68 Å².